The lowest BCUT2D eigenvalue weighted by atomic mass is 9.85. The van der Waals surface area contributed by atoms with Crippen LogP contribution in [0.15, 0.2) is 24.3 Å². The van der Waals surface area contributed by atoms with Crippen molar-refractivity contribution in [2.45, 2.75) is 32.7 Å². The molecule has 0 bridgehead atoms. The largest absolute Gasteiger partial charge is 0.481 e. The van der Waals surface area contributed by atoms with E-state index in [2.05, 4.69) is 10.6 Å². The Morgan fingerprint density at radius 2 is 2.05 bits per heavy atom. The number of amides is 2. The second kappa shape index (κ2) is 7.06. The quantitative estimate of drug-likeness (QED) is 0.698. The third-order valence-electron chi connectivity index (χ3n) is 3.90. The molecule has 1 saturated carbocycles. The molecule has 2 rings (SSSR count). The molecule has 1 aliphatic carbocycles. The van der Waals surface area contributed by atoms with E-state index in [9.17, 15) is 14.4 Å². The van der Waals surface area contributed by atoms with E-state index in [-0.39, 0.29) is 18.4 Å². The van der Waals surface area contributed by atoms with E-state index in [0.717, 1.165) is 24.8 Å². The number of carbonyl (C=O) groups is 3. The molecule has 1 unspecified atom stereocenters. The summed E-state index contributed by atoms with van der Waals surface area (Å²) in [4.78, 5) is 34.2. The van der Waals surface area contributed by atoms with Gasteiger partial charge in [-0.05, 0) is 37.5 Å². The molecule has 6 heteroatoms. The van der Waals surface area contributed by atoms with Gasteiger partial charge in [-0.15, -0.1) is 0 Å². The lowest BCUT2D eigenvalue weighted by Gasteiger charge is -2.24. The lowest BCUT2D eigenvalue weighted by molar-refractivity contribution is -0.146. The van der Waals surface area contributed by atoms with E-state index < -0.39 is 17.8 Å². The highest BCUT2D eigenvalue weighted by Gasteiger charge is 2.25. The van der Waals surface area contributed by atoms with Crippen molar-refractivity contribution in [1.82, 2.24) is 5.32 Å². The van der Waals surface area contributed by atoms with Gasteiger partial charge in [0.1, 0.15) is 5.92 Å². The SMILES string of the molecule is CC(C(=O)O)C(=O)NCc1cccc(NC(=O)C2CCC2)c1. The molecule has 1 atom stereocenters. The van der Waals surface area contributed by atoms with Crippen molar-refractivity contribution in [1.29, 1.82) is 0 Å². The molecule has 0 saturated heterocycles. The van der Waals surface area contributed by atoms with E-state index in [0.29, 0.717) is 5.69 Å². The van der Waals surface area contributed by atoms with Gasteiger partial charge in [0.2, 0.25) is 11.8 Å². The predicted octanol–water partition coefficient (Wildman–Crippen LogP) is 1.76. The van der Waals surface area contributed by atoms with Crippen LogP contribution >= 0.6 is 0 Å². The third kappa shape index (κ3) is 4.07. The fourth-order valence-corrected chi connectivity index (χ4v) is 2.13. The number of anilines is 1. The van der Waals surface area contributed by atoms with Crippen molar-refractivity contribution in [3.63, 3.8) is 0 Å². The molecule has 118 valence electrons. The van der Waals surface area contributed by atoms with Crippen LogP contribution in [0.5, 0.6) is 0 Å². The van der Waals surface area contributed by atoms with Crippen molar-refractivity contribution >= 4 is 23.5 Å². The fraction of sp³-hybridized carbons (Fsp3) is 0.438. The Bertz CT molecular complexity index is 581. The van der Waals surface area contributed by atoms with Crippen LogP contribution in [0.4, 0.5) is 5.69 Å². The first kappa shape index (κ1) is 16.0. The monoisotopic (exact) mass is 304 g/mol. The zero-order valence-corrected chi connectivity index (χ0v) is 12.5. The van der Waals surface area contributed by atoms with Crippen LogP contribution < -0.4 is 10.6 Å². The highest BCUT2D eigenvalue weighted by molar-refractivity contribution is 5.96. The number of rotatable bonds is 6. The molecule has 1 fully saturated rings. The zero-order valence-electron chi connectivity index (χ0n) is 12.5. The highest BCUT2D eigenvalue weighted by Crippen LogP contribution is 2.27. The normalized spacial score (nSPS) is 15.5. The summed E-state index contributed by atoms with van der Waals surface area (Å²) in [6.45, 7) is 1.57. The first-order chi connectivity index (χ1) is 10.5. The third-order valence-corrected chi connectivity index (χ3v) is 3.90. The van der Waals surface area contributed by atoms with Crippen LogP contribution in [0, 0.1) is 11.8 Å². The summed E-state index contributed by atoms with van der Waals surface area (Å²) in [7, 11) is 0. The first-order valence-electron chi connectivity index (χ1n) is 7.37. The van der Waals surface area contributed by atoms with Crippen LogP contribution in [-0.4, -0.2) is 22.9 Å². The number of carboxylic acid groups (broad SMARTS) is 1. The van der Waals surface area contributed by atoms with E-state index in [4.69, 9.17) is 5.11 Å². The molecule has 1 aromatic rings. The van der Waals surface area contributed by atoms with Gasteiger partial charge in [-0.25, -0.2) is 0 Å². The van der Waals surface area contributed by atoms with Gasteiger partial charge in [-0.1, -0.05) is 18.6 Å². The van der Waals surface area contributed by atoms with Gasteiger partial charge in [0.25, 0.3) is 0 Å². The van der Waals surface area contributed by atoms with Crippen LogP contribution in [0.2, 0.25) is 0 Å². The number of nitrogens with one attached hydrogen (secondary N) is 2. The Balaban J connectivity index is 1.89. The van der Waals surface area contributed by atoms with Gasteiger partial charge in [0.05, 0.1) is 0 Å². The van der Waals surface area contributed by atoms with Crippen molar-refractivity contribution in [3.8, 4) is 0 Å². The molecule has 22 heavy (non-hydrogen) atoms. The summed E-state index contributed by atoms with van der Waals surface area (Å²) in [6, 6.07) is 7.17. The Labute approximate surface area is 128 Å². The molecule has 0 aromatic heterocycles. The molecule has 0 heterocycles. The standard InChI is InChI=1S/C16H20N2O4/c1-10(16(21)22)14(19)17-9-11-4-2-7-13(8-11)18-15(20)12-5-3-6-12/h2,4,7-8,10,12H,3,5-6,9H2,1H3,(H,17,19)(H,18,20)(H,21,22). The van der Waals surface area contributed by atoms with E-state index in [1.807, 2.05) is 6.07 Å². The molecule has 0 aliphatic heterocycles. The molecule has 3 N–H and O–H groups in total. The minimum Gasteiger partial charge on any atom is -0.481 e. The summed E-state index contributed by atoms with van der Waals surface area (Å²) in [5.41, 5.74) is 1.49. The van der Waals surface area contributed by atoms with E-state index in [1.54, 1.807) is 18.2 Å². The molecular formula is C16H20N2O4. The molecule has 1 aromatic carbocycles. The Kier molecular flexibility index (Phi) is 5.14. The van der Waals surface area contributed by atoms with E-state index >= 15 is 0 Å². The number of carbonyl (C=O) groups excluding carboxylic acids is 2. The number of hydrogen-bond acceptors (Lipinski definition) is 3. The van der Waals surface area contributed by atoms with Gasteiger partial charge in [0.15, 0.2) is 0 Å². The molecule has 2 amide bonds. The summed E-state index contributed by atoms with van der Waals surface area (Å²) >= 11 is 0. The van der Waals surface area contributed by atoms with Crippen LogP contribution in [0.3, 0.4) is 0 Å². The van der Waals surface area contributed by atoms with E-state index in [1.165, 1.54) is 6.92 Å². The fourth-order valence-electron chi connectivity index (χ4n) is 2.13. The average Bonchev–Trinajstić information content (AvgIpc) is 2.42. The second-order valence-corrected chi connectivity index (χ2v) is 5.60. The molecule has 0 radical (unpaired) electrons. The maximum absolute atomic E-state index is 11.9. The van der Waals surface area contributed by atoms with Crippen LogP contribution in [-0.2, 0) is 20.9 Å². The van der Waals surface area contributed by atoms with Gasteiger partial charge < -0.3 is 15.7 Å². The van der Waals surface area contributed by atoms with Crippen molar-refractivity contribution in [2.24, 2.45) is 11.8 Å². The number of aliphatic carboxylic acids is 1. The minimum atomic E-state index is -1.15. The molecular weight excluding hydrogens is 284 g/mol. The summed E-state index contributed by atoms with van der Waals surface area (Å²) < 4.78 is 0. The summed E-state index contributed by atoms with van der Waals surface area (Å²) in [5.74, 6) is -2.62. The smallest absolute Gasteiger partial charge is 0.315 e. The maximum Gasteiger partial charge on any atom is 0.315 e. The highest BCUT2D eigenvalue weighted by atomic mass is 16.4. The molecule has 6 nitrogen and oxygen atoms in total. The van der Waals surface area contributed by atoms with Crippen molar-refractivity contribution in [2.75, 3.05) is 5.32 Å². The first-order valence-corrected chi connectivity index (χ1v) is 7.37. The summed E-state index contributed by atoms with van der Waals surface area (Å²) in [5, 5.41) is 14.2. The maximum atomic E-state index is 11.9. The van der Waals surface area contributed by atoms with Crippen LogP contribution in [0.25, 0.3) is 0 Å². The van der Waals surface area contributed by atoms with Gasteiger partial charge in [0, 0.05) is 18.2 Å². The summed E-state index contributed by atoms with van der Waals surface area (Å²) in [6.07, 6.45) is 2.98. The van der Waals surface area contributed by atoms with Gasteiger partial charge in [-0.3, -0.25) is 14.4 Å². The Hall–Kier alpha value is -2.37. The average molecular weight is 304 g/mol. The number of carboxylic acids is 1. The molecule has 0 spiro atoms. The van der Waals surface area contributed by atoms with Crippen molar-refractivity contribution < 1.29 is 19.5 Å². The van der Waals surface area contributed by atoms with Crippen molar-refractivity contribution in [3.05, 3.63) is 29.8 Å². The lowest BCUT2D eigenvalue weighted by Crippen LogP contribution is -2.33. The zero-order chi connectivity index (χ0) is 16.1. The van der Waals surface area contributed by atoms with Crippen LogP contribution in [0.1, 0.15) is 31.7 Å². The predicted molar refractivity (Wildman–Crippen MR) is 81.1 cm³/mol. The number of hydrogen-bond donors (Lipinski definition) is 3. The molecule has 1 aliphatic rings. The number of benzene rings is 1. The minimum absolute atomic E-state index is 0.0342. The second-order valence-electron chi connectivity index (χ2n) is 5.60. The Morgan fingerprint density at radius 1 is 1.32 bits per heavy atom. The Morgan fingerprint density at radius 3 is 2.64 bits per heavy atom. The topological polar surface area (TPSA) is 95.5 Å². The van der Waals surface area contributed by atoms with Gasteiger partial charge >= 0.3 is 5.97 Å². The van der Waals surface area contributed by atoms with Gasteiger partial charge in [-0.2, -0.15) is 0 Å².